The molecule has 0 saturated carbocycles. The zero-order chi connectivity index (χ0) is 13.1. The molecule has 1 aromatic heterocycles. The van der Waals surface area contributed by atoms with Crippen molar-refractivity contribution in [1.82, 2.24) is 9.78 Å². The van der Waals surface area contributed by atoms with E-state index in [1.807, 2.05) is 6.07 Å². The molecule has 0 radical (unpaired) electrons. The number of benzene rings is 1. The first kappa shape index (κ1) is 12.5. The maximum atomic E-state index is 9.01. The molecule has 0 aliphatic heterocycles. The van der Waals surface area contributed by atoms with Gasteiger partial charge in [-0.2, -0.15) is 10.4 Å². The van der Waals surface area contributed by atoms with Gasteiger partial charge in [0.05, 0.1) is 23.7 Å². The summed E-state index contributed by atoms with van der Waals surface area (Å²) in [5.41, 5.74) is 7.11. The fraction of sp³-hybridized carbons (Fsp3) is 0.167. The van der Waals surface area contributed by atoms with Crippen LogP contribution in [0.5, 0.6) is 5.75 Å². The predicted octanol–water partition coefficient (Wildman–Crippen LogP) is 2.16. The Labute approximate surface area is 113 Å². The molecule has 92 valence electrons. The number of methoxy groups -OCH3 is 1. The smallest absolute Gasteiger partial charge is 0.159 e. The Morgan fingerprint density at radius 2 is 2.33 bits per heavy atom. The number of ether oxygens (including phenoxy) is 1. The second kappa shape index (κ2) is 5.10. The van der Waals surface area contributed by atoms with Gasteiger partial charge in [-0.3, -0.25) is 4.68 Å². The average Bonchev–Trinajstić information content (AvgIpc) is 2.68. The van der Waals surface area contributed by atoms with Crippen LogP contribution in [0.2, 0.25) is 0 Å². The Morgan fingerprint density at radius 3 is 2.89 bits per heavy atom. The first-order valence-electron chi connectivity index (χ1n) is 5.19. The first-order valence-corrected chi connectivity index (χ1v) is 5.98. The van der Waals surface area contributed by atoms with E-state index < -0.39 is 0 Å². The van der Waals surface area contributed by atoms with Crippen LogP contribution in [-0.2, 0) is 6.54 Å². The molecule has 0 amide bonds. The number of halogens is 1. The third-order valence-corrected chi connectivity index (χ3v) is 3.08. The molecule has 0 fully saturated rings. The van der Waals surface area contributed by atoms with Crippen LogP contribution in [0, 0.1) is 11.3 Å². The van der Waals surface area contributed by atoms with E-state index in [1.165, 1.54) is 0 Å². The Balaban J connectivity index is 2.27. The second-order valence-electron chi connectivity index (χ2n) is 3.71. The molecule has 18 heavy (non-hydrogen) atoms. The number of anilines is 1. The van der Waals surface area contributed by atoms with Crippen LogP contribution in [0.25, 0.3) is 0 Å². The van der Waals surface area contributed by atoms with E-state index in [4.69, 9.17) is 15.7 Å². The van der Waals surface area contributed by atoms with E-state index in [0.29, 0.717) is 23.7 Å². The standard InChI is InChI=1S/C12H11BrN4O/c1-18-11-3-2-8(4-9(11)5-14)6-17-7-10(13)12(15)16-17/h2-4,7H,6H2,1H3,(H2,15,16). The number of nitrogen functional groups attached to an aromatic ring is 1. The first-order chi connectivity index (χ1) is 8.63. The van der Waals surface area contributed by atoms with E-state index in [0.717, 1.165) is 10.0 Å². The lowest BCUT2D eigenvalue weighted by Gasteiger charge is -2.06. The summed E-state index contributed by atoms with van der Waals surface area (Å²) in [5, 5.41) is 13.1. The van der Waals surface area contributed by atoms with Crippen molar-refractivity contribution in [3.8, 4) is 11.8 Å². The molecule has 0 atom stereocenters. The Kier molecular flexibility index (Phi) is 3.53. The number of hydrogen-bond donors (Lipinski definition) is 1. The van der Waals surface area contributed by atoms with Crippen LogP contribution in [0.4, 0.5) is 5.82 Å². The van der Waals surface area contributed by atoms with Gasteiger partial charge in [0.15, 0.2) is 5.82 Å². The summed E-state index contributed by atoms with van der Waals surface area (Å²) < 4.78 is 7.56. The van der Waals surface area contributed by atoms with Crippen LogP contribution in [-0.4, -0.2) is 16.9 Å². The van der Waals surface area contributed by atoms with Crippen LogP contribution >= 0.6 is 15.9 Å². The summed E-state index contributed by atoms with van der Waals surface area (Å²) in [7, 11) is 1.54. The highest BCUT2D eigenvalue weighted by atomic mass is 79.9. The summed E-state index contributed by atoms with van der Waals surface area (Å²) in [6.45, 7) is 0.550. The zero-order valence-corrected chi connectivity index (χ0v) is 11.3. The van der Waals surface area contributed by atoms with Gasteiger partial charge in [-0.1, -0.05) is 6.07 Å². The van der Waals surface area contributed by atoms with E-state index in [2.05, 4.69) is 27.1 Å². The average molecular weight is 307 g/mol. The maximum Gasteiger partial charge on any atom is 0.159 e. The number of nitriles is 1. The van der Waals surface area contributed by atoms with Crippen molar-refractivity contribution in [1.29, 1.82) is 5.26 Å². The molecule has 1 heterocycles. The highest BCUT2D eigenvalue weighted by molar-refractivity contribution is 9.10. The minimum absolute atomic E-state index is 0.448. The lowest BCUT2D eigenvalue weighted by atomic mass is 10.1. The number of hydrogen-bond acceptors (Lipinski definition) is 4. The van der Waals surface area contributed by atoms with Gasteiger partial charge in [0.25, 0.3) is 0 Å². The maximum absolute atomic E-state index is 9.01. The van der Waals surface area contributed by atoms with Crippen molar-refractivity contribution < 1.29 is 4.74 Å². The molecule has 6 heteroatoms. The minimum atomic E-state index is 0.448. The molecule has 5 nitrogen and oxygen atoms in total. The molecule has 2 aromatic rings. The SMILES string of the molecule is COc1ccc(Cn2cc(Br)c(N)n2)cc1C#N. The minimum Gasteiger partial charge on any atom is -0.495 e. The van der Waals surface area contributed by atoms with Gasteiger partial charge in [0.1, 0.15) is 11.8 Å². The third-order valence-electron chi connectivity index (χ3n) is 2.47. The van der Waals surface area contributed by atoms with Gasteiger partial charge < -0.3 is 10.5 Å². The van der Waals surface area contributed by atoms with Crippen LogP contribution in [0.1, 0.15) is 11.1 Å². The van der Waals surface area contributed by atoms with E-state index >= 15 is 0 Å². The second-order valence-corrected chi connectivity index (χ2v) is 4.56. The van der Waals surface area contributed by atoms with Gasteiger partial charge >= 0.3 is 0 Å². The van der Waals surface area contributed by atoms with Crippen molar-refractivity contribution in [3.63, 3.8) is 0 Å². The Morgan fingerprint density at radius 1 is 1.56 bits per heavy atom. The summed E-state index contributed by atoms with van der Waals surface area (Å²) in [6, 6.07) is 7.55. The van der Waals surface area contributed by atoms with Crippen molar-refractivity contribution in [2.45, 2.75) is 6.54 Å². The summed E-state index contributed by atoms with van der Waals surface area (Å²) >= 11 is 3.30. The largest absolute Gasteiger partial charge is 0.495 e. The summed E-state index contributed by atoms with van der Waals surface area (Å²) in [6.07, 6.45) is 1.80. The van der Waals surface area contributed by atoms with Crippen molar-refractivity contribution in [2.75, 3.05) is 12.8 Å². The zero-order valence-electron chi connectivity index (χ0n) is 9.72. The number of rotatable bonds is 3. The molecule has 0 bridgehead atoms. The van der Waals surface area contributed by atoms with E-state index in [-0.39, 0.29) is 0 Å². The lowest BCUT2D eigenvalue weighted by Crippen LogP contribution is -2.02. The fourth-order valence-electron chi connectivity index (χ4n) is 1.62. The highest BCUT2D eigenvalue weighted by Gasteiger charge is 2.06. The molecular weight excluding hydrogens is 296 g/mol. The van der Waals surface area contributed by atoms with Gasteiger partial charge in [-0.15, -0.1) is 0 Å². The molecule has 1 aromatic carbocycles. The normalized spacial score (nSPS) is 10.1. The highest BCUT2D eigenvalue weighted by Crippen LogP contribution is 2.21. The molecule has 0 spiro atoms. The van der Waals surface area contributed by atoms with Gasteiger partial charge in [-0.25, -0.2) is 0 Å². The summed E-state index contributed by atoms with van der Waals surface area (Å²) in [4.78, 5) is 0. The van der Waals surface area contributed by atoms with Gasteiger partial charge in [-0.05, 0) is 33.6 Å². The lowest BCUT2D eigenvalue weighted by molar-refractivity contribution is 0.413. The molecule has 2 rings (SSSR count). The quantitative estimate of drug-likeness (QED) is 0.942. The molecule has 0 aliphatic carbocycles. The fourth-order valence-corrected chi connectivity index (χ4v) is 1.94. The van der Waals surface area contributed by atoms with E-state index in [1.54, 1.807) is 30.1 Å². The van der Waals surface area contributed by atoms with Crippen molar-refractivity contribution >= 4 is 21.7 Å². The van der Waals surface area contributed by atoms with Crippen LogP contribution in [0.3, 0.4) is 0 Å². The molecule has 0 unspecified atom stereocenters. The molecule has 2 N–H and O–H groups in total. The Hall–Kier alpha value is -2.00. The van der Waals surface area contributed by atoms with Crippen LogP contribution in [0.15, 0.2) is 28.9 Å². The van der Waals surface area contributed by atoms with Gasteiger partial charge in [0.2, 0.25) is 0 Å². The number of nitrogens with two attached hydrogens (primary N) is 1. The van der Waals surface area contributed by atoms with E-state index in [9.17, 15) is 0 Å². The van der Waals surface area contributed by atoms with Crippen LogP contribution < -0.4 is 10.5 Å². The van der Waals surface area contributed by atoms with Crippen molar-refractivity contribution in [2.24, 2.45) is 0 Å². The molecule has 0 aliphatic rings. The monoisotopic (exact) mass is 306 g/mol. The topological polar surface area (TPSA) is 76.9 Å². The third kappa shape index (κ3) is 2.46. The predicted molar refractivity (Wildman–Crippen MR) is 71.2 cm³/mol. The molecular formula is C12H11BrN4O. The Bertz CT molecular complexity index is 596. The van der Waals surface area contributed by atoms with Crippen molar-refractivity contribution in [3.05, 3.63) is 40.0 Å². The molecule has 0 saturated heterocycles. The number of aromatic nitrogens is 2. The summed E-state index contributed by atoms with van der Waals surface area (Å²) in [5.74, 6) is 1.02. The van der Waals surface area contributed by atoms with Gasteiger partial charge in [0, 0.05) is 6.20 Å². The number of nitrogens with zero attached hydrogens (tertiary/aromatic N) is 3.